The molecular formula is C14H19N3O. The van der Waals surface area contributed by atoms with Gasteiger partial charge in [0, 0.05) is 6.04 Å². The molecule has 0 radical (unpaired) electrons. The van der Waals surface area contributed by atoms with Crippen LogP contribution in [-0.4, -0.2) is 16.2 Å². The van der Waals surface area contributed by atoms with E-state index < -0.39 is 0 Å². The molecule has 0 spiro atoms. The Hall–Kier alpha value is -1.68. The van der Waals surface area contributed by atoms with Gasteiger partial charge in [-0.3, -0.25) is 0 Å². The van der Waals surface area contributed by atoms with Crippen LogP contribution in [0.2, 0.25) is 0 Å². The van der Waals surface area contributed by atoms with Gasteiger partial charge in [-0.25, -0.2) is 0 Å². The van der Waals surface area contributed by atoms with E-state index in [1.807, 2.05) is 6.07 Å². The highest BCUT2D eigenvalue weighted by Crippen LogP contribution is 2.10. The van der Waals surface area contributed by atoms with E-state index in [0.717, 1.165) is 0 Å². The molecule has 0 aliphatic rings. The lowest BCUT2D eigenvalue weighted by atomic mass is 10.1. The molecule has 1 aromatic carbocycles. The summed E-state index contributed by atoms with van der Waals surface area (Å²) in [5.74, 6) is 1.31. The van der Waals surface area contributed by atoms with Gasteiger partial charge < -0.3 is 9.73 Å². The van der Waals surface area contributed by atoms with E-state index in [0.29, 0.717) is 30.8 Å². The number of hydrogen-bond acceptors (Lipinski definition) is 4. The van der Waals surface area contributed by atoms with E-state index in [1.54, 1.807) is 0 Å². The van der Waals surface area contributed by atoms with Gasteiger partial charge in [0.2, 0.25) is 11.8 Å². The summed E-state index contributed by atoms with van der Waals surface area (Å²) in [4.78, 5) is 0. The van der Waals surface area contributed by atoms with Gasteiger partial charge in [0.15, 0.2) is 0 Å². The molecule has 18 heavy (non-hydrogen) atoms. The minimum Gasteiger partial charge on any atom is -0.424 e. The minimum atomic E-state index is 0.414. The van der Waals surface area contributed by atoms with Gasteiger partial charge in [0.05, 0.1) is 13.0 Å². The Balaban J connectivity index is 1.98. The van der Waals surface area contributed by atoms with Gasteiger partial charge in [-0.15, -0.1) is 10.2 Å². The molecule has 0 saturated heterocycles. The highest BCUT2D eigenvalue weighted by Gasteiger charge is 2.07. The van der Waals surface area contributed by atoms with Crippen molar-refractivity contribution in [2.75, 3.05) is 0 Å². The quantitative estimate of drug-likeness (QED) is 0.879. The van der Waals surface area contributed by atoms with Crippen molar-refractivity contribution in [3.8, 4) is 0 Å². The molecule has 0 saturated carbocycles. The highest BCUT2D eigenvalue weighted by molar-refractivity contribution is 5.24. The lowest BCUT2D eigenvalue weighted by Gasteiger charge is -2.03. The summed E-state index contributed by atoms with van der Waals surface area (Å²) >= 11 is 0. The first-order chi connectivity index (χ1) is 8.63. The first-order valence-corrected chi connectivity index (χ1v) is 6.23. The Labute approximate surface area is 107 Å². The number of aromatic nitrogens is 2. The number of benzene rings is 1. The summed E-state index contributed by atoms with van der Waals surface area (Å²) in [7, 11) is 0. The van der Waals surface area contributed by atoms with Gasteiger partial charge in [-0.05, 0) is 12.5 Å². The third-order valence-electron chi connectivity index (χ3n) is 2.61. The average Bonchev–Trinajstić information content (AvgIpc) is 2.74. The molecule has 0 aliphatic heterocycles. The Morgan fingerprint density at radius 2 is 2.00 bits per heavy atom. The standard InChI is InChI=1S/C14H19N3O/c1-10(2)15-9-14-17-16-13(18-14)8-12-6-4-5-11(3)7-12/h4-7,10,15H,8-9H2,1-3H3. The molecule has 2 aromatic rings. The molecule has 0 aliphatic carbocycles. The zero-order valence-electron chi connectivity index (χ0n) is 11.1. The molecule has 0 unspecified atom stereocenters. The van der Waals surface area contributed by atoms with Crippen LogP contribution in [0.1, 0.15) is 36.8 Å². The largest absolute Gasteiger partial charge is 0.424 e. The van der Waals surface area contributed by atoms with Crippen molar-refractivity contribution in [3.63, 3.8) is 0 Å². The van der Waals surface area contributed by atoms with E-state index in [1.165, 1.54) is 11.1 Å². The molecule has 96 valence electrons. The van der Waals surface area contributed by atoms with Crippen molar-refractivity contribution in [3.05, 3.63) is 47.2 Å². The Morgan fingerprint density at radius 1 is 1.22 bits per heavy atom. The lowest BCUT2D eigenvalue weighted by Crippen LogP contribution is -2.21. The van der Waals surface area contributed by atoms with Crippen LogP contribution >= 0.6 is 0 Å². The molecule has 2 rings (SSSR count). The summed E-state index contributed by atoms with van der Waals surface area (Å²) in [6.45, 7) is 6.88. The van der Waals surface area contributed by atoms with Crippen LogP contribution in [0.25, 0.3) is 0 Å². The first-order valence-electron chi connectivity index (χ1n) is 6.23. The van der Waals surface area contributed by atoms with Crippen molar-refractivity contribution in [1.29, 1.82) is 0 Å². The van der Waals surface area contributed by atoms with Gasteiger partial charge in [0.1, 0.15) is 0 Å². The zero-order chi connectivity index (χ0) is 13.0. The molecule has 0 fully saturated rings. The normalized spacial score (nSPS) is 11.1. The predicted molar refractivity (Wildman–Crippen MR) is 70.3 cm³/mol. The fourth-order valence-electron chi connectivity index (χ4n) is 1.72. The Bertz CT molecular complexity index is 505. The van der Waals surface area contributed by atoms with E-state index in [4.69, 9.17) is 4.42 Å². The number of nitrogens with one attached hydrogen (secondary N) is 1. The second-order valence-corrected chi connectivity index (χ2v) is 4.79. The monoisotopic (exact) mass is 245 g/mol. The topological polar surface area (TPSA) is 51.0 Å². The van der Waals surface area contributed by atoms with Crippen molar-refractivity contribution in [1.82, 2.24) is 15.5 Å². The minimum absolute atomic E-state index is 0.414. The van der Waals surface area contributed by atoms with Crippen LogP contribution in [0.15, 0.2) is 28.7 Å². The summed E-state index contributed by atoms with van der Waals surface area (Å²) in [5, 5.41) is 11.3. The molecule has 0 bridgehead atoms. The maximum Gasteiger partial charge on any atom is 0.230 e. The van der Waals surface area contributed by atoms with Crippen LogP contribution in [0, 0.1) is 6.92 Å². The second-order valence-electron chi connectivity index (χ2n) is 4.79. The Morgan fingerprint density at radius 3 is 2.72 bits per heavy atom. The summed E-state index contributed by atoms with van der Waals surface area (Å²) in [5.41, 5.74) is 2.44. The first kappa shape index (κ1) is 12.8. The molecule has 1 heterocycles. The van der Waals surface area contributed by atoms with Gasteiger partial charge in [-0.2, -0.15) is 0 Å². The maximum absolute atomic E-state index is 5.59. The molecule has 0 atom stereocenters. The smallest absolute Gasteiger partial charge is 0.230 e. The average molecular weight is 245 g/mol. The maximum atomic E-state index is 5.59. The molecule has 1 aromatic heterocycles. The van der Waals surface area contributed by atoms with Crippen molar-refractivity contribution >= 4 is 0 Å². The van der Waals surface area contributed by atoms with Crippen LogP contribution in [0.4, 0.5) is 0 Å². The van der Waals surface area contributed by atoms with Crippen molar-refractivity contribution in [2.45, 2.75) is 39.8 Å². The van der Waals surface area contributed by atoms with E-state index in [9.17, 15) is 0 Å². The summed E-state index contributed by atoms with van der Waals surface area (Å²) in [6, 6.07) is 8.74. The predicted octanol–water partition coefficient (Wildman–Crippen LogP) is 2.47. The molecule has 4 nitrogen and oxygen atoms in total. The van der Waals surface area contributed by atoms with E-state index in [-0.39, 0.29) is 0 Å². The second kappa shape index (κ2) is 5.78. The highest BCUT2D eigenvalue weighted by atomic mass is 16.4. The third kappa shape index (κ3) is 3.67. The van der Waals surface area contributed by atoms with E-state index >= 15 is 0 Å². The van der Waals surface area contributed by atoms with Gasteiger partial charge in [0.25, 0.3) is 0 Å². The third-order valence-corrected chi connectivity index (χ3v) is 2.61. The lowest BCUT2D eigenvalue weighted by molar-refractivity contribution is 0.427. The van der Waals surface area contributed by atoms with Crippen LogP contribution in [0.3, 0.4) is 0 Å². The number of hydrogen-bond donors (Lipinski definition) is 1. The van der Waals surface area contributed by atoms with Gasteiger partial charge >= 0.3 is 0 Å². The molecular weight excluding hydrogens is 226 g/mol. The Kier molecular flexibility index (Phi) is 4.10. The number of nitrogens with zero attached hydrogens (tertiary/aromatic N) is 2. The van der Waals surface area contributed by atoms with Crippen molar-refractivity contribution in [2.24, 2.45) is 0 Å². The van der Waals surface area contributed by atoms with Gasteiger partial charge in [-0.1, -0.05) is 43.7 Å². The SMILES string of the molecule is Cc1cccc(Cc2nnc(CNC(C)C)o2)c1. The fraction of sp³-hybridized carbons (Fsp3) is 0.429. The fourth-order valence-corrected chi connectivity index (χ4v) is 1.72. The number of rotatable bonds is 5. The molecule has 1 N–H and O–H groups in total. The summed E-state index contributed by atoms with van der Waals surface area (Å²) < 4.78 is 5.59. The van der Waals surface area contributed by atoms with Crippen LogP contribution in [0.5, 0.6) is 0 Å². The molecule has 0 amide bonds. The zero-order valence-corrected chi connectivity index (χ0v) is 11.1. The van der Waals surface area contributed by atoms with Crippen molar-refractivity contribution < 1.29 is 4.42 Å². The summed E-state index contributed by atoms with van der Waals surface area (Å²) in [6.07, 6.45) is 0.691. The number of aryl methyl sites for hydroxylation is 1. The van der Waals surface area contributed by atoms with E-state index in [2.05, 4.69) is 54.5 Å². The van der Waals surface area contributed by atoms with Crippen LogP contribution < -0.4 is 5.32 Å². The van der Waals surface area contributed by atoms with Crippen LogP contribution in [-0.2, 0) is 13.0 Å². The molecule has 4 heteroatoms.